The van der Waals surface area contributed by atoms with Crippen molar-refractivity contribution in [2.45, 2.75) is 18.8 Å². The van der Waals surface area contributed by atoms with E-state index in [2.05, 4.69) is 10.7 Å². The van der Waals surface area contributed by atoms with E-state index < -0.39 is 5.82 Å². The zero-order valence-electron chi connectivity index (χ0n) is 12.9. The highest BCUT2D eigenvalue weighted by Gasteiger charge is 2.13. The minimum absolute atomic E-state index is 0.109. The number of aliphatic hydroxyl groups excluding tert-OH is 1. The van der Waals surface area contributed by atoms with Crippen molar-refractivity contribution in [3.63, 3.8) is 0 Å². The smallest absolute Gasteiger partial charge is 0.251 e. The number of ether oxygens (including phenoxy) is 1. The molecule has 1 aromatic heterocycles. The van der Waals surface area contributed by atoms with Gasteiger partial charge in [-0.25, -0.2) is 4.39 Å². The van der Waals surface area contributed by atoms with Crippen LogP contribution in [0.5, 0.6) is 5.75 Å². The molecule has 1 atom stereocenters. The molecule has 4 nitrogen and oxygen atoms in total. The van der Waals surface area contributed by atoms with E-state index in [0.717, 1.165) is 12.5 Å². The lowest BCUT2D eigenvalue weighted by Crippen LogP contribution is -2.26. The summed E-state index contributed by atoms with van der Waals surface area (Å²) in [5, 5.41) is 16.0. The van der Waals surface area contributed by atoms with Crippen molar-refractivity contribution in [2.75, 3.05) is 20.3 Å². The highest BCUT2D eigenvalue weighted by molar-refractivity contribution is 7.07. The number of hydrogen-bond donors (Lipinski definition) is 2. The molecule has 0 aliphatic rings. The van der Waals surface area contributed by atoms with Crippen molar-refractivity contribution in [2.24, 2.45) is 0 Å². The molecule has 0 saturated carbocycles. The lowest BCUT2D eigenvalue weighted by atomic mass is 9.95. The van der Waals surface area contributed by atoms with Gasteiger partial charge in [0.05, 0.1) is 7.11 Å². The predicted molar refractivity (Wildman–Crippen MR) is 88.7 cm³/mol. The Kier molecular flexibility index (Phi) is 6.55. The minimum Gasteiger partial charge on any atom is -0.494 e. The van der Waals surface area contributed by atoms with Gasteiger partial charge >= 0.3 is 0 Å². The van der Waals surface area contributed by atoms with Crippen molar-refractivity contribution < 1.29 is 19.0 Å². The first-order valence-corrected chi connectivity index (χ1v) is 8.34. The first-order valence-electron chi connectivity index (χ1n) is 7.40. The zero-order valence-corrected chi connectivity index (χ0v) is 13.7. The summed E-state index contributed by atoms with van der Waals surface area (Å²) in [6.45, 7) is 0.575. The number of hydrogen-bond acceptors (Lipinski definition) is 4. The third-order valence-electron chi connectivity index (χ3n) is 3.68. The van der Waals surface area contributed by atoms with Crippen molar-refractivity contribution in [1.82, 2.24) is 5.32 Å². The van der Waals surface area contributed by atoms with E-state index in [0.29, 0.717) is 13.0 Å². The van der Waals surface area contributed by atoms with Gasteiger partial charge in [0.1, 0.15) is 0 Å². The second-order valence-electron chi connectivity index (χ2n) is 5.16. The van der Waals surface area contributed by atoms with Crippen molar-refractivity contribution in [3.05, 3.63) is 52.0 Å². The maximum atomic E-state index is 13.6. The summed E-state index contributed by atoms with van der Waals surface area (Å²) in [6, 6.07) is 6.16. The SMILES string of the molecule is COc1ccc(C(=O)NCC[C@H](CCO)c2ccsc2)cc1F. The fourth-order valence-electron chi connectivity index (χ4n) is 2.41. The summed E-state index contributed by atoms with van der Waals surface area (Å²) in [5.74, 6) is -0.558. The minimum atomic E-state index is -0.559. The van der Waals surface area contributed by atoms with Gasteiger partial charge in [0, 0.05) is 18.7 Å². The number of thiophene rings is 1. The maximum absolute atomic E-state index is 13.6. The van der Waals surface area contributed by atoms with Gasteiger partial charge in [-0.1, -0.05) is 0 Å². The molecule has 0 spiro atoms. The van der Waals surface area contributed by atoms with Crippen LogP contribution in [0, 0.1) is 5.82 Å². The molecular weight excluding hydrogens is 317 g/mol. The van der Waals surface area contributed by atoms with Crippen LogP contribution in [0.3, 0.4) is 0 Å². The Morgan fingerprint density at radius 3 is 2.83 bits per heavy atom. The molecule has 0 aliphatic heterocycles. The summed E-state index contributed by atoms with van der Waals surface area (Å²) >= 11 is 1.61. The Labute approximate surface area is 138 Å². The number of methoxy groups -OCH3 is 1. The topological polar surface area (TPSA) is 58.6 Å². The molecule has 1 heterocycles. The second-order valence-corrected chi connectivity index (χ2v) is 5.94. The molecule has 2 aromatic rings. The van der Waals surface area contributed by atoms with E-state index >= 15 is 0 Å². The number of halogens is 1. The van der Waals surface area contributed by atoms with Gasteiger partial charge in [-0.3, -0.25) is 4.79 Å². The van der Waals surface area contributed by atoms with Gasteiger partial charge in [-0.05, 0) is 59.3 Å². The summed E-state index contributed by atoms with van der Waals surface area (Å²) in [7, 11) is 1.38. The van der Waals surface area contributed by atoms with Crippen LogP contribution in [0.1, 0.15) is 34.7 Å². The summed E-state index contributed by atoms with van der Waals surface area (Å²) in [6.07, 6.45) is 1.38. The molecule has 2 rings (SSSR count). The second kappa shape index (κ2) is 8.64. The molecule has 2 N–H and O–H groups in total. The van der Waals surface area contributed by atoms with Crippen LogP contribution in [-0.2, 0) is 0 Å². The van der Waals surface area contributed by atoms with Crippen molar-refractivity contribution in [3.8, 4) is 5.75 Å². The molecule has 0 aliphatic carbocycles. The van der Waals surface area contributed by atoms with Crippen LogP contribution in [0.4, 0.5) is 4.39 Å². The van der Waals surface area contributed by atoms with Gasteiger partial charge < -0.3 is 15.2 Å². The van der Waals surface area contributed by atoms with Crippen LogP contribution in [0.25, 0.3) is 0 Å². The van der Waals surface area contributed by atoms with Crippen LogP contribution >= 0.6 is 11.3 Å². The lowest BCUT2D eigenvalue weighted by molar-refractivity contribution is 0.0951. The number of nitrogens with one attached hydrogen (secondary N) is 1. The summed E-state index contributed by atoms with van der Waals surface area (Å²) < 4.78 is 18.4. The highest BCUT2D eigenvalue weighted by atomic mass is 32.1. The summed E-state index contributed by atoms with van der Waals surface area (Å²) in [4.78, 5) is 12.1. The number of amides is 1. The lowest BCUT2D eigenvalue weighted by Gasteiger charge is -2.15. The Morgan fingerprint density at radius 2 is 2.22 bits per heavy atom. The molecule has 0 bridgehead atoms. The molecule has 0 radical (unpaired) electrons. The fraction of sp³-hybridized carbons (Fsp3) is 0.353. The average molecular weight is 337 g/mol. The Balaban J connectivity index is 1.89. The standard InChI is InChI=1S/C17H20FNO3S/c1-22-16-3-2-13(10-15(16)18)17(21)19-7-4-12(5-8-20)14-6-9-23-11-14/h2-3,6,9-12,20H,4-5,7-8H2,1H3,(H,19,21)/t12-/m1/s1. The monoisotopic (exact) mass is 337 g/mol. The van der Waals surface area contributed by atoms with E-state index in [1.54, 1.807) is 11.3 Å². The zero-order chi connectivity index (χ0) is 16.7. The van der Waals surface area contributed by atoms with E-state index in [-0.39, 0.29) is 29.7 Å². The molecular formula is C17H20FNO3S. The normalized spacial score (nSPS) is 12.0. The first-order chi connectivity index (χ1) is 11.2. The average Bonchev–Trinajstić information content (AvgIpc) is 3.08. The van der Waals surface area contributed by atoms with Crippen LogP contribution in [0.2, 0.25) is 0 Å². The molecule has 1 amide bonds. The number of carbonyl (C=O) groups excluding carboxylic acids is 1. The van der Waals surface area contributed by atoms with Crippen LogP contribution in [-0.4, -0.2) is 31.3 Å². The number of rotatable bonds is 8. The molecule has 6 heteroatoms. The van der Waals surface area contributed by atoms with Gasteiger partial charge in [0.25, 0.3) is 5.91 Å². The van der Waals surface area contributed by atoms with E-state index in [4.69, 9.17) is 9.84 Å². The molecule has 23 heavy (non-hydrogen) atoms. The Hall–Kier alpha value is -1.92. The number of benzene rings is 1. The van der Waals surface area contributed by atoms with Crippen LogP contribution in [0.15, 0.2) is 35.0 Å². The number of carbonyl (C=O) groups is 1. The molecule has 0 saturated heterocycles. The van der Waals surface area contributed by atoms with E-state index in [1.165, 1.54) is 24.8 Å². The Morgan fingerprint density at radius 1 is 1.39 bits per heavy atom. The maximum Gasteiger partial charge on any atom is 0.251 e. The van der Waals surface area contributed by atoms with Crippen LogP contribution < -0.4 is 10.1 Å². The van der Waals surface area contributed by atoms with Gasteiger partial charge in [-0.2, -0.15) is 11.3 Å². The van der Waals surface area contributed by atoms with Crippen molar-refractivity contribution in [1.29, 1.82) is 0 Å². The third-order valence-corrected chi connectivity index (χ3v) is 4.39. The fourth-order valence-corrected chi connectivity index (χ4v) is 3.15. The third kappa shape index (κ3) is 4.77. The molecule has 1 aromatic carbocycles. The molecule has 0 fully saturated rings. The van der Waals surface area contributed by atoms with E-state index in [9.17, 15) is 9.18 Å². The molecule has 0 unspecified atom stereocenters. The summed E-state index contributed by atoms with van der Waals surface area (Å²) in [5.41, 5.74) is 1.44. The van der Waals surface area contributed by atoms with Crippen molar-refractivity contribution >= 4 is 17.2 Å². The van der Waals surface area contributed by atoms with Gasteiger partial charge in [0.2, 0.25) is 0 Å². The molecule has 124 valence electrons. The quantitative estimate of drug-likeness (QED) is 0.778. The van der Waals surface area contributed by atoms with Gasteiger partial charge in [-0.15, -0.1) is 0 Å². The predicted octanol–water partition coefficient (Wildman–Crippen LogP) is 3.18. The Bertz CT molecular complexity index is 631. The first kappa shape index (κ1) is 17.4. The van der Waals surface area contributed by atoms with Gasteiger partial charge in [0.15, 0.2) is 11.6 Å². The van der Waals surface area contributed by atoms with E-state index in [1.807, 2.05) is 11.4 Å². The number of aliphatic hydroxyl groups is 1. The largest absolute Gasteiger partial charge is 0.494 e. The highest BCUT2D eigenvalue weighted by Crippen LogP contribution is 2.25.